The van der Waals surface area contributed by atoms with Gasteiger partial charge in [0.2, 0.25) is 0 Å². The number of fused-ring (bicyclic) bond motifs is 1. The van der Waals surface area contributed by atoms with Crippen LogP contribution >= 0.6 is 0 Å². The molecule has 25 heavy (non-hydrogen) atoms. The number of aliphatic hydroxyl groups excluding tert-OH is 1. The van der Waals surface area contributed by atoms with Gasteiger partial charge < -0.3 is 14.4 Å². The van der Waals surface area contributed by atoms with E-state index in [4.69, 9.17) is 9.72 Å². The zero-order valence-electron chi connectivity index (χ0n) is 14.6. The van der Waals surface area contributed by atoms with Crippen molar-refractivity contribution >= 4 is 11.0 Å². The van der Waals surface area contributed by atoms with Gasteiger partial charge in [-0.25, -0.2) is 4.98 Å². The SMILES string of the molecule is Cc1ccc(OCC(O)Cn2c(C3CCC3)nc3ccccc32)cc1. The van der Waals surface area contributed by atoms with Crippen LogP contribution in [0.1, 0.15) is 36.6 Å². The average Bonchev–Trinajstić information content (AvgIpc) is 2.91. The molecule has 1 aromatic heterocycles. The maximum absolute atomic E-state index is 10.5. The summed E-state index contributed by atoms with van der Waals surface area (Å²) in [7, 11) is 0. The second-order valence-corrected chi connectivity index (χ2v) is 6.98. The van der Waals surface area contributed by atoms with Crippen LogP contribution in [-0.2, 0) is 6.54 Å². The molecule has 2 aromatic carbocycles. The molecule has 0 aliphatic heterocycles. The van der Waals surface area contributed by atoms with Crippen LogP contribution < -0.4 is 4.74 Å². The summed E-state index contributed by atoms with van der Waals surface area (Å²) in [5.41, 5.74) is 3.30. The van der Waals surface area contributed by atoms with Crippen LogP contribution in [-0.4, -0.2) is 27.4 Å². The van der Waals surface area contributed by atoms with Crippen LogP contribution in [0.5, 0.6) is 5.75 Å². The van der Waals surface area contributed by atoms with Crippen molar-refractivity contribution in [3.05, 3.63) is 59.9 Å². The Morgan fingerprint density at radius 2 is 1.92 bits per heavy atom. The fraction of sp³-hybridized carbons (Fsp3) is 0.381. The molecule has 1 N–H and O–H groups in total. The van der Waals surface area contributed by atoms with Crippen molar-refractivity contribution in [1.29, 1.82) is 0 Å². The Balaban J connectivity index is 1.50. The molecule has 0 saturated heterocycles. The lowest BCUT2D eigenvalue weighted by molar-refractivity contribution is 0.0919. The second kappa shape index (κ2) is 6.89. The number of ether oxygens (including phenoxy) is 1. The molecule has 4 heteroatoms. The van der Waals surface area contributed by atoms with Gasteiger partial charge >= 0.3 is 0 Å². The molecule has 0 radical (unpaired) electrons. The van der Waals surface area contributed by atoms with Gasteiger partial charge in [0.1, 0.15) is 24.3 Å². The zero-order chi connectivity index (χ0) is 17.2. The number of hydrogen-bond donors (Lipinski definition) is 1. The maximum Gasteiger partial charge on any atom is 0.119 e. The van der Waals surface area contributed by atoms with Gasteiger partial charge in [0.15, 0.2) is 0 Å². The third-order valence-electron chi connectivity index (χ3n) is 5.01. The van der Waals surface area contributed by atoms with Gasteiger partial charge in [0, 0.05) is 5.92 Å². The standard InChI is InChI=1S/C21H24N2O2/c1-15-9-11-18(12-10-15)25-14-17(24)13-23-20-8-3-2-7-19(20)22-21(23)16-5-4-6-16/h2-3,7-12,16-17,24H,4-6,13-14H2,1H3. The summed E-state index contributed by atoms with van der Waals surface area (Å²) < 4.78 is 7.92. The predicted molar refractivity (Wildman–Crippen MR) is 99.0 cm³/mol. The number of rotatable bonds is 6. The number of nitrogens with zero attached hydrogens (tertiary/aromatic N) is 2. The second-order valence-electron chi connectivity index (χ2n) is 6.98. The molecule has 4 nitrogen and oxygen atoms in total. The number of hydrogen-bond acceptors (Lipinski definition) is 3. The molecule has 1 fully saturated rings. The minimum absolute atomic E-state index is 0.277. The molecule has 130 valence electrons. The molecule has 0 spiro atoms. The van der Waals surface area contributed by atoms with Gasteiger partial charge in [-0.05, 0) is 44.0 Å². The van der Waals surface area contributed by atoms with Crippen LogP contribution in [0.25, 0.3) is 11.0 Å². The summed E-state index contributed by atoms with van der Waals surface area (Å²) in [5.74, 6) is 2.43. The fourth-order valence-corrected chi connectivity index (χ4v) is 3.35. The van der Waals surface area contributed by atoms with Gasteiger partial charge in [0.25, 0.3) is 0 Å². The molecule has 1 atom stereocenters. The molecular weight excluding hydrogens is 312 g/mol. The van der Waals surface area contributed by atoms with E-state index in [-0.39, 0.29) is 6.61 Å². The number of aliphatic hydroxyl groups is 1. The third-order valence-corrected chi connectivity index (χ3v) is 5.01. The smallest absolute Gasteiger partial charge is 0.119 e. The number of imidazole rings is 1. The Morgan fingerprint density at radius 1 is 1.16 bits per heavy atom. The highest BCUT2D eigenvalue weighted by Gasteiger charge is 2.26. The summed E-state index contributed by atoms with van der Waals surface area (Å²) in [6.07, 6.45) is 3.09. The van der Waals surface area contributed by atoms with Gasteiger partial charge in [0.05, 0.1) is 17.6 Å². The topological polar surface area (TPSA) is 47.3 Å². The highest BCUT2D eigenvalue weighted by molar-refractivity contribution is 5.76. The van der Waals surface area contributed by atoms with Crippen molar-refractivity contribution in [3.8, 4) is 5.75 Å². The monoisotopic (exact) mass is 336 g/mol. The first-order valence-electron chi connectivity index (χ1n) is 9.03. The van der Waals surface area contributed by atoms with E-state index in [1.165, 1.54) is 24.8 Å². The lowest BCUT2D eigenvalue weighted by Gasteiger charge is -2.26. The molecule has 0 amide bonds. The molecule has 4 rings (SSSR count). The Bertz CT molecular complexity index is 850. The summed E-state index contributed by atoms with van der Waals surface area (Å²) in [6, 6.07) is 16.1. The van der Waals surface area contributed by atoms with E-state index < -0.39 is 6.10 Å². The number of aryl methyl sites for hydroxylation is 1. The van der Waals surface area contributed by atoms with E-state index in [9.17, 15) is 5.11 Å². The van der Waals surface area contributed by atoms with Crippen molar-refractivity contribution in [1.82, 2.24) is 9.55 Å². The highest BCUT2D eigenvalue weighted by Crippen LogP contribution is 2.37. The quantitative estimate of drug-likeness (QED) is 0.739. The molecule has 1 aliphatic rings. The summed E-state index contributed by atoms with van der Waals surface area (Å²) >= 11 is 0. The molecule has 1 aliphatic carbocycles. The van der Waals surface area contributed by atoms with Crippen molar-refractivity contribution in [2.45, 2.75) is 44.8 Å². The van der Waals surface area contributed by atoms with Crippen LogP contribution in [0.3, 0.4) is 0 Å². The van der Waals surface area contributed by atoms with Gasteiger partial charge in [-0.3, -0.25) is 0 Å². The molecule has 1 unspecified atom stereocenters. The lowest BCUT2D eigenvalue weighted by Crippen LogP contribution is -2.26. The number of benzene rings is 2. The van der Waals surface area contributed by atoms with Crippen LogP contribution in [0.2, 0.25) is 0 Å². The first kappa shape index (κ1) is 16.2. The van der Waals surface area contributed by atoms with E-state index in [0.717, 1.165) is 22.6 Å². The fourth-order valence-electron chi connectivity index (χ4n) is 3.35. The van der Waals surface area contributed by atoms with E-state index in [0.29, 0.717) is 12.5 Å². The minimum Gasteiger partial charge on any atom is -0.491 e. The van der Waals surface area contributed by atoms with Crippen molar-refractivity contribution in [2.75, 3.05) is 6.61 Å². The predicted octanol–water partition coefficient (Wildman–Crippen LogP) is 4.05. The lowest BCUT2D eigenvalue weighted by atomic mass is 9.85. The van der Waals surface area contributed by atoms with Crippen LogP contribution in [0, 0.1) is 6.92 Å². The molecule has 0 bridgehead atoms. The van der Waals surface area contributed by atoms with E-state index in [2.05, 4.69) is 10.6 Å². The van der Waals surface area contributed by atoms with E-state index in [1.807, 2.05) is 49.4 Å². The van der Waals surface area contributed by atoms with Crippen LogP contribution in [0.15, 0.2) is 48.5 Å². The highest BCUT2D eigenvalue weighted by atomic mass is 16.5. The van der Waals surface area contributed by atoms with Gasteiger partial charge in [-0.2, -0.15) is 0 Å². The Hall–Kier alpha value is -2.33. The molecule has 1 saturated carbocycles. The average molecular weight is 336 g/mol. The Morgan fingerprint density at radius 3 is 2.64 bits per heavy atom. The van der Waals surface area contributed by atoms with Crippen molar-refractivity contribution < 1.29 is 9.84 Å². The Kier molecular flexibility index (Phi) is 4.45. The van der Waals surface area contributed by atoms with E-state index in [1.54, 1.807) is 0 Å². The van der Waals surface area contributed by atoms with Crippen molar-refractivity contribution in [3.63, 3.8) is 0 Å². The Labute approximate surface area is 148 Å². The first-order chi connectivity index (χ1) is 12.2. The molecular formula is C21H24N2O2. The number of aromatic nitrogens is 2. The summed E-state index contributed by atoms with van der Waals surface area (Å²) in [6.45, 7) is 2.84. The summed E-state index contributed by atoms with van der Waals surface area (Å²) in [4.78, 5) is 4.83. The first-order valence-corrected chi connectivity index (χ1v) is 9.03. The largest absolute Gasteiger partial charge is 0.491 e. The summed E-state index contributed by atoms with van der Waals surface area (Å²) in [5, 5.41) is 10.5. The van der Waals surface area contributed by atoms with Crippen LogP contribution in [0.4, 0.5) is 0 Å². The minimum atomic E-state index is -0.572. The van der Waals surface area contributed by atoms with Gasteiger partial charge in [-0.1, -0.05) is 36.2 Å². The third kappa shape index (κ3) is 3.40. The maximum atomic E-state index is 10.5. The van der Waals surface area contributed by atoms with Gasteiger partial charge in [-0.15, -0.1) is 0 Å². The van der Waals surface area contributed by atoms with Crippen molar-refractivity contribution in [2.24, 2.45) is 0 Å². The number of para-hydroxylation sites is 2. The molecule has 3 aromatic rings. The normalized spacial score (nSPS) is 15.9. The van der Waals surface area contributed by atoms with E-state index >= 15 is 0 Å². The molecule has 1 heterocycles. The zero-order valence-corrected chi connectivity index (χ0v) is 14.6.